The summed E-state index contributed by atoms with van der Waals surface area (Å²) in [5.41, 5.74) is 1.02. The summed E-state index contributed by atoms with van der Waals surface area (Å²) in [6, 6.07) is 8.71. The molecule has 0 spiro atoms. The Kier molecular flexibility index (Phi) is 4.41. The molecule has 26 heavy (non-hydrogen) atoms. The topological polar surface area (TPSA) is 109 Å². The van der Waals surface area contributed by atoms with Crippen LogP contribution in [-0.2, 0) is 4.79 Å². The van der Waals surface area contributed by atoms with Gasteiger partial charge < -0.3 is 15.3 Å². The van der Waals surface area contributed by atoms with Crippen molar-refractivity contribution in [2.24, 2.45) is 5.92 Å². The largest absolute Gasteiger partial charge is 0.506 e. The van der Waals surface area contributed by atoms with Gasteiger partial charge in [-0.25, -0.2) is 0 Å². The Morgan fingerprint density at radius 1 is 1.23 bits per heavy atom. The van der Waals surface area contributed by atoms with Gasteiger partial charge in [0, 0.05) is 23.5 Å². The molecule has 3 heterocycles. The van der Waals surface area contributed by atoms with Crippen molar-refractivity contribution in [1.29, 1.82) is 0 Å². The van der Waals surface area contributed by atoms with Crippen LogP contribution in [0.1, 0.15) is 12.8 Å². The number of nitrogens with zero attached hydrogens (tertiary/aromatic N) is 6. The average Bonchev–Trinajstić information content (AvgIpc) is 3.12. The fourth-order valence-electron chi connectivity index (χ4n) is 3.02. The van der Waals surface area contributed by atoms with Crippen LogP contribution >= 0.6 is 15.9 Å². The summed E-state index contributed by atoms with van der Waals surface area (Å²) < 4.78 is 2.15. The molecule has 0 radical (unpaired) electrons. The van der Waals surface area contributed by atoms with Crippen LogP contribution in [0.15, 0.2) is 34.8 Å². The number of piperidine rings is 1. The maximum atomic E-state index is 12.5. The Morgan fingerprint density at radius 2 is 2.04 bits per heavy atom. The third-order valence-corrected chi connectivity index (χ3v) is 4.96. The van der Waals surface area contributed by atoms with Crippen LogP contribution in [0.3, 0.4) is 0 Å². The third kappa shape index (κ3) is 3.32. The lowest BCUT2D eigenvalue weighted by molar-refractivity contribution is -0.120. The molecule has 1 aromatic carbocycles. The number of carbonyl (C=O) groups is 1. The molecular formula is C16H16BrN7O2. The number of phenolic OH excluding ortho intramolecular Hbond substituents is 1. The second-order valence-corrected chi connectivity index (χ2v) is 7.05. The van der Waals surface area contributed by atoms with E-state index in [1.54, 1.807) is 18.2 Å². The minimum absolute atomic E-state index is 0.0455. The molecule has 0 saturated carbocycles. The van der Waals surface area contributed by atoms with Crippen LogP contribution in [0.2, 0.25) is 0 Å². The van der Waals surface area contributed by atoms with E-state index in [-0.39, 0.29) is 17.6 Å². The molecule has 134 valence electrons. The monoisotopic (exact) mass is 417 g/mol. The van der Waals surface area contributed by atoms with Gasteiger partial charge in [-0.3, -0.25) is 4.79 Å². The van der Waals surface area contributed by atoms with Gasteiger partial charge in [-0.1, -0.05) is 15.9 Å². The summed E-state index contributed by atoms with van der Waals surface area (Å²) in [7, 11) is 0. The SMILES string of the molecule is O=C(Nc1ccc(Br)cc1O)C1CCN(c2ccc3nnnn3n2)CC1. The molecule has 10 heteroatoms. The summed E-state index contributed by atoms with van der Waals surface area (Å²) in [5, 5.41) is 28.3. The Labute approximate surface area is 157 Å². The number of tetrazole rings is 1. The van der Waals surface area contributed by atoms with Gasteiger partial charge in [0.15, 0.2) is 11.5 Å². The third-order valence-electron chi connectivity index (χ3n) is 4.46. The fourth-order valence-corrected chi connectivity index (χ4v) is 3.37. The number of phenols is 1. The van der Waals surface area contributed by atoms with E-state index in [0.717, 1.165) is 10.3 Å². The van der Waals surface area contributed by atoms with E-state index >= 15 is 0 Å². The summed E-state index contributed by atoms with van der Waals surface area (Å²) in [6.07, 6.45) is 1.41. The standard InChI is InChI=1S/C16H16BrN7O2/c17-11-1-2-12(13(25)9-11)18-16(26)10-5-7-23(8-6-10)15-4-3-14-19-21-22-24(14)20-15/h1-4,9-10,25H,5-8H2,(H,18,26). The summed E-state index contributed by atoms with van der Waals surface area (Å²) in [5.74, 6) is 0.649. The molecular weight excluding hydrogens is 402 g/mol. The number of nitrogens with one attached hydrogen (secondary N) is 1. The van der Waals surface area contributed by atoms with Gasteiger partial charge in [-0.05, 0) is 53.6 Å². The number of rotatable bonds is 3. The lowest BCUT2D eigenvalue weighted by atomic mass is 9.96. The highest BCUT2D eigenvalue weighted by Crippen LogP contribution is 2.29. The van der Waals surface area contributed by atoms with Gasteiger partial charge in [0.1, 0.15) is 5.75 Å². The number of hydrogen-bond acceptors (Lipinski definition) is 7. The first-order valence-corrected chi connectivity index (χ1v) is 8.99. The number of carbonyl (C=O) groups excluding carboxylic acids is 1. The van der Waals surface area contributed by atoms with E-state index in [2.05, 4.69) is 46.8 Å². The van der Waals surface area contributed by atoms with Crippen molar-refractivity contribution in [2.45, 2.75) is 12.8 Å². The highest BCUT2D eigenvalue weighted by Gasteiger charge is 2.26. The number of fused-ring (bicyclic) bond motifs is 1. The second kappa shape index (κ2) is 6.87. The molecule has 2 N–H and O–H groups in total. The molecule has 1 aliphatic rings. The predicted octanol–water partition coefficient (Wildman–Crippen LogP) is 1.84. The van der Waals surface area contributed by atoms with E-state index in [1.165, 1.54) is 4.63 Å². The van der Waals surface area contributed by atoms with Crippen LogP contribution in [0.25, 0.3) is 5.65 Å². The summed E-state index contributed by atoms with van der Waals surface area (Å²) >= 11 is 3.28. The van der Waals surface area contributed by atoms with Crippen LogP contribution in [0.4, 0.5) is 11.5 Å². The molecule has 0 aliphatic carbocycles. The Hall–Kier alpha value is -2.75. The molecule has 1 aliphatic heterocycles. The first kappa shape index (κ1) is 16.7. The van der Waals surface area contributed by atoms with Gasteiger partial charge in [-0.2, -0.15) is 0 Å². The Morgan fingerprint density at radius 3 is 2.81 bits per heavy atom. The zero-order valence-electron chi connectivity index (χ0n) is 13.7. The van der Waals surface area contributed by atoms with E-state index in [9.17, 15) is 9.90 Å². The summed E-state index contributed by atoms with van der Waals surface area (Å²) in [6.45, 7) is 1.43. The zero-order chi connectivity index (χ0) is 18.1. The number of aromatic nitrogens is 5. The van der Waals surface area contributed by atoms with Crippen molar-refractivity contribution < 1.29 is 9.90 Å². The molecule has 4 rings (SSSR count). The Bertz CT molecular complexity index is 953. The lowest BCUT2D eigenvalue weighted by Crippen LogP contribution is -2.38. The van der Waals surface area contributed by atoms with Gasteiger partial charge in [0.25, 0.3) is 0 Å². The van der Waals surface area contributed by atoms with E-state index < -0.39 is 0 Å². The van der Waals surface area contributed by atoms with E-state index in [4.69, 9.17) is 0 Å². The quantitative estimate of drug-likeness (QED) is 0.625. The fraction of sp³-hybridized carbons (Fsp3) is 0.312. The number of anilines is 2. The molecule has 2 aromatic heterocycles. The van der Waals surface area contributed by atoms with Crippen LogP contribution in [0.5, 0.6) is 5.75 Å². The molecule has 0 unspecified atom stereocenters. The summed E-state index contributed by atoms with van der Waals surface area (Å²) in [4.78, 5) is 14.6. The molecule has 1 saturated heterocycles. The van der Waals surface area contributed by atoms with Gasteiger partial charge in [0.2, 0.25) is 5.91 Å². The van der Waals surface area contributed by atoms with Crippen molar-refractivity contribution in [1.82, 2.24) is 25.3 Å². The van der Waals surface area contributed by atoms with Crippen LogP contribution in [-0.4, -0.2) is 49.4 Å². The van der Waals surface area contributed by atoms with Gasteiger partial charge in [-0.15, -0.1) is 14.8 Å². The maximum absolute atomic E-state index is 12.5. The highest BCUT2D eigenvalue weighted by atomic mass is 79.9. The minimum atomic E-state index is -0.105. The van der Waals surface area contributed by atoms with Crippen molar-refractivity contribution in [2.75, 3.05) is 23.3 Å². The number of aromatic hydroxyl groups is 1. The van der Waals surface area contributed by atoms with E-state index in [1.807, 2.05) is 12.1 Å². The van der Waals surface area contributed by atoms with Crippen molar-refractivity contribution in [3.8, 4) is 5.75 Å². The number of halogens is 1. The average molecular weight is 418 g/mol. The minimum Gasteiger partial charge on any atom is -0.506 e. The predicted molar refractivity (Wildman–Crippen MR) is 98.0 cm³/mol. The molecule has 1 amide bonds. The molecule has 0 bridgehead atoms. The highest BCUT2D eigenvalue weighted by molar-refractivity contribution is 9.10. The van der Waals surface area contributed by atoms with Crippen molar-refractivity contribution >= 4 is 39.0 Å². The first-order valence-electron chi connectivity index (χ1n) is 8.20. The maximum Gasteiger partial charge on any atom is 0.227 e. The number of hydrogen-bond donors (Lipinski definition) is 2. The van der Waals surface area contributed by atoms with Gasteiger partial charge >= 0.3 is 0 Å². The van der Waals surface area contributed by atoms with Crippen molar-refractivity contribution in [3.05, 3.63) is 34.8 Å². The van der Waals surface area contributed by atoms with Crippen molar-refractivity contribution in [3.63, 3.8) is 0 Å². The van der Waals surface area contributed by atoms with Gasteiger partial charge in [0.05, 0.1) is 5.69 Å². The molecule has 0 atom stereocenters. The smallest absolute Gasteiger partial charge is 0.227 e. The number of benzene rings is 1. The van der Waals surface area contributed by atoms with Crippen LogP contribution < -0.4 is 10.2 Å². The lowest BCUT2D eigenvalue weighted by Gasteiger charge is -2.31. The second-order valence-electron chi connectivity index (χ2n) is 6.13. The van der Waals surface area contributed by atoms with E-state index in [0.29, 0.717) is 37.3 Å². The normalized spacial score (nSPS) is 15.3. The molecule has 1 fully saturated rings. The Balaban J connectivity index is 1.38. The first-order chi connectivity index (χ1) is 12.6. The molecule has 3 aromatic rings. The number of amides is 1. The van der Waals surface area contributed by atoms with Crippen LogP contribution in [0, 0.1) is 5.92 Å². The zero-order valence-corrected chi connectivity index (χ0v) is 15.3. The molecule has 9 nitrogen and oxygen atoms in total.